The van der Waals surface area contributed by atoms with Crippen LogP contribution in [-0.4, -0.2) is 36.6 Å². The van der Waals surface area contributed by atoms with E-state index in [1.54, 1.807) is 14.1 Å². The number of nitrogens with one attached hydrogen (secondary N) is 1. The van der Waals surface area contributed by atoms with E-state index in [9.17, 15) is 4.79 Å². The van der Waals surface area contributed by atoms with Gasteiger partial charge in [0.05, 0.1) is 0 Å². The van der Waals surface area contributed by atoms with Crippen molar-refractivity contribution in [1.29, 1.82) is 0 Å². The van der Waals surface area contributed by atoms with E-state index in [1.807, 2.05) is 0 Å². The molecule has 0 unspecified atom stereocenters. The summed E-state index contributed by atoms with van der Waals surface area (Å²) in [6, 6.07) is 0. The lowest BCUT2D eigenvalue weighted by Crippen LogP contribution is -2.27. The van der Waals surface area contributed by atoms with Gasteiger partial charge in [-0.05, 0) is 6.42 Å². The highest BCUT2D eigenvalue weighted by molar-refractivity contribution is 7.99. The van der Waals surface area contributed by atoms with Crippen molar-refractivity contribution in [3.05, 3.63) is 15.1 Å². The van der Waals surface area contributed by atoms with Crippen LogP contribution in [0, 0.1) is 4.64 Å². The molecule has 0 spiro atoms. The number of hydrogen-bond donors (Lipinski definition) is 2. The van der Waals surface area contributed by atoms with Gasteiger partial charge < -0.3 is 10.1 Å². The second-order valence-electron chi connectivity index (χ2n) is 3.87. The van der Waals surface area contributed by atoms with Crippen molar-refractivity contribution in [3.8, 4) is 0 Å². The number of aryl methyl sites for hydroxylation is 1. The normalized spacial score (nSPS) is 11.3. The number of aliphatic hydroxyl groups excluding tert-OH is 1. The monoisotopic (exact) mass is 286 g/mol. The van der Waals surface area contributed by atoms with Crippen molar-refractivity contribution < 1.29 is 5.11 Å². The number of rotatable bonds is 4. The molecular weight excluding hydrogens is 272 g/mol. The van der Waals surface area contributed by atoms with E-state index in [0.29, 0.717) is 27.4 Å². The van der Waals surface area contributed by atoms with Crippen LogP contribution in [0.15, 0.2) is 9.95 Å². The number of aliphatic hydroxyl groups is 1. The molecule has 2 heterocycles. The number of aromatic amines is 1. The van der Waals surface area contributed by atoms with Gasteiger partial charge in [0, 0.05) is 26.5 Å². The molecule has 0 radical (unpaired) electrons. The molecule has 2 rings (SSSR count). The Bertz CT molecular complexity index is 685. The first-order chi connectivity index (χ1) is 8.56. The van der Waals surface area contributed by atoms with Gasteiger partial charge in [0.2, 0.25) is 0 Å². The average Bonchev–Trinajstić information content (AvgIpc) is 2.78. The van der Waals surface area contributed by atoms with Crippen molar-refractivity contribution in [2.45, 2.75) is 11.6 Å². The third kappa shape index (κ3) is 2.23. The van der Waals surface area contributed by atoms with E-state index in [2.05, 4.69) is 9.97 Å². The van der Waals surface area contributed by atoms with Gasteiger partial charge in [0.25, 0.3) is 0 Å². The van der Waals surface area contributed by atoms with Crippen LogP contribution < -0.4 is 5.69 Å². The SMILES string of the molecule is Cn1c(=S)c2[nH]c(SCCCO)nc2n(C)c1=O. The summed E-state index contributed by atoms with van der Waals surface area (Å²) in [5.74, 6) is 0.767. The van der Waals surface area contributed by atoms with Crippen molar-refractivity contribution in [2.75, 3.05) is 12.4 Å². The summed E-state index contributed by atoms with van der Waals surface area (Å²) >= 11 is 6.72. The van der Waals surface area contributed by atoms with Gasteiger partial charge in [-0.2, -0.15) is 0 Å². The Morgan fingerprint density at radius 2 is 2.17 bits per heavy atom. The topological polar surface area (TPSA) is 75.8 Å². The molecule has 0 aliphatic carbocycles. The maximum atomic E-state index is 11.8. The molecule has 2 aromatic heterocycles. The fourth-order valence-electron chi connectivity index (χ4n) is 1.61. The molecule has 0 saturated heterocycles. The standard InChI is InChI=1S/C10H14N4O2S2/c1-13-7-6(8(17)14(2)10(13)16)11-9(12-7)18-5-3-4-15/h15H,3-5H2,1-2H3,(H,11,12). The molecule has 6 nitrogen and oxygen atoms in total. The fourth-order valence-corrected chi connectivity index (χ4v) is 2.62. The minimum atomic E-state index is -0.189. The third-order valence-electron chi connectivity index (χ3n) is 2.61. The summed E-state index contributed by atoms with van der Waals surface area (Å²) in [7, 11) is 3.31. The van der Waals surface area contributed by atoms with Crippen molar-refractivity contribution >= 4 is 35.1 Å². The maximum Gasteiger partial charge on any atom is 0.330 e. The van der Waals surface area contributed by atoms with Gasteiger partial charge in [-0.15, -0.1) is 0 Å². The summed E-state index contributed by atoms with van der Waals surface area (Å²) in [4.78, 5) is 19.3. The number of fused-ring (bicyclic) bond motifs is 1. The van der Waals surface area contributed by atoms with Crippen LogP contribution >= 0.6 is 24.0 Å². The summed E-state index contributed by atoms with van der Waals surface area (Å²) in [6.07, 6.45) is 0.704. The van der Waals surface area contributed by atoms with E-state index in [0.717, 1.165) is 5.75 Å². The number of hydrogen-bond acceptors (Lipinski definition) is 5. The number of H-pyrrole nitrogens is 1. The van der Waals surface area contributed by atoms with E-state index in [1.165, 1.54) is 20.9 Å². The van der Waals surface area contributed by atoms with Crippen LogP contribution in [0.2, 0.25) is 0 Å². The van der Waals surface area contributed by atoms with Gasteiger partial charge >= 0.3 is 5.69 Å². The van der Waals surface area contributed by atoms with Gasteiger partial charge in [0.1, 0.15) is 10.2 Å². The van der Waals surface area contributed by atoms with E-state index < -0.39 is 0 Å². The zero-order valence-electron chi connectivity index (χ0n) is 10.1. The predicted molar refractivity (Wildman–Crippen MR) is 73.6 cm³/mol. The Kier molecular flexibility index (Phi) is 3.88. The molecule has 2 N–H and O–H groups in total. The molecule has 0 amide bonds. The molecule has 0 atom stereocenters. The summed E-state index contributed by atoms with van der Waals surface area (Å²) in [5.41, 5.74) is 1.07. The highest BCUT2D eigenvalue weighted by atomic mass is 32.2. The number of imidazole rings is 1. The number of nitrogens with zero attached hydrogens (tertiary/aromatic N) is 3. The van der Waals surface area contributed by atoms with Crippen LogP contribution in [0.3, 0.4) is 0 Å². The summed E-state index contributed by atoms with van der Waals surface area (Å²) in [6.45, 7) is 0.160. The lowest BCUT2D eigenvalue weighted by molar-refractivity contribution is 0.296. The molecule has 0 bridgehead atoms. The molecule has 0 aliphatic heterocycles. The maximum absolute atomic E-state index is 11.8. The summed E-state index contributed by atoms with van der Waals surface area (Å²) in [5, 5.41) is 9.45. The number of aromatic nitrogens is 4. The van der Waals surface area contributed by atoms with E-state index >= 15 is 0 Å². The van der Waals surface area contributed by atoms with Crippen LogP contribution in [0.25, 0.3) is 11.2 Å². The minimum absolute atomic E-state index is 0.160. The number of thioether (sulfide) groups is 1. The Hall–Kier alpha value is -1.12. The average molecular weight is 286 g/mol. The van der Waals surface area contributed by atoms with Crippen molar-refractivity contribution in [2.24, 2.45) is 14.1 Å². The first-order valence-corrected chi connectivity index (χ1v) is 6.85. The van der Waals surface area contributed by atoms with Crippen LogP contribution in [0.5, 0.6) is 0 Å². The Morgan fingerprint density at radius 1 is 1.44 bits per heavy atom. The molecule has 2 aromatic rings. The van der Waals surface area contributed by atoms with Gasteiger partial charge in [0.15, 0.2) is 10.8 Å². The zero-order chi connectivity index (χ0) is 13.3. The van der Waals surface area contributed by atoms with Crippen molar-refractivity contribution in [1.82, 2.24) is 19.1 Å². The lowest BCUT2D eigenvalue weighted by Gasteiger charge is -2.02. The molecular formula is C10H14N4O2S2. The van der Waals surface area contributed by atoms with Crippen molar-refractivity contribution in [3.63, 3.8) is 0 Å². The van der Waals surface area contributed by atoms with E-state index in [-0.39, 0.29) is 12.3 Å². The van der Waals surface area contributed by atoms with Crippen LogP contribution in [0.1, 0.15) is 6.42 Å². The predicted octanol–water partition coefficient (Wildman–Crippen LogP) is 0.804. The molecule has 8 heteroatoms. The smallest absolute Gasteiger partial charge is 0.330 e. The lowest BCUT2D eigenvalue weighted by atomic mass is 10.5. The molecule has 0 aromatic carbocycles. The van der Waals surface area contributed by atoms with Crippen LogP contribution in [0.4, 0.5) is 0 Å². The summed E-state index contributed by atoms with van der Waals surface area (Å²) < 4.78 is 3.34. The molecule has 0 fully saturated rings. The zero-order valence-corrected chi connectivity index (χ0v) is 11.8. The second kappa shape index (κ2) is 5.25. The van der Waals surface area contributed by atoms with E-state index in [4.69, 9.17) is 17.3 Å². The van der Waals surface area contributed by atoms with Gasteiger partial charge in [-0.3, -0.25) is 9.13 Å². The first kappa shape index (κ1) is 13.3. The highest BCUT2D eigenvalue weighted by Gasteiger charge is 2.11. The van der Waals surface area contributed by atoms with Gasteiger partial charge in [-0.25, -0.2) is 9.78 Å². The molecule has 98 valence electrons. The molecule has 18 heavy (non-hydrogen) atoms. The Labute approximate surface area is 113 Å². The first-order valence-electron chi connectivity index (χ1n) is 5.45. The largest absolute Gasteiger partial charge is 0.396 e. The fraction of sp³-hybridized carbons (Fsp3) is 0.500. The Balaban J connectivity index is 2.51. The highest BCUT2D eigenvalue weighted by Crippen LogP contribution is 2.19. The van der Waals surface area contributed by atoms with Gasteiger partial charge in [-0.1, -0.05) is 24.0 Å². The van der Waals surface area contributed by atoms with Crippen LogP contribution in [-0.2, 0) is 14.1 Å². The minimum Gasteiger partial charge on any atom is -0.396 e. The second-order valence-corrected chi connectivity index (χ2v) is 5.34. The quantitative estimate of drug-likeness (QED) is 0.494. The molecule has 0 aliphatic rings. The Morgan fingerprint density at radius 3 is 2.83 bits per heavy atom. The third-order valence-corrected chi connectivity index (χ3v) is 4.05. The molecule has 0 saturated carbocycles.